The number of hydrogen-bond donors (Lipinski definition) is 1. The molecule has 2 aromatic rings. The fourth-order valence-electron chi connectivity index (χ4n) is 3.29. The summed E-state index contributed by atoms with van der Waals surface area (Å²) in [4.78, 5) is 4.12. The van der Waals surface area contributed by atoms with Gasteiger partial charge >= 0.3 is 0 Å². The molecule has 0 saturated carbocycles. The first-order valence-electron chi connectivity index (χ1n) is 7.72. The Morgan fingerprint density at radius 3 is 2.71 bits per heavy atom. The Kier molecular flexibility index (Phi) is 5.52. The second-order valence-corrected chi connectivity index (χ2v) is 7.16. The predicted octanol–water partition coefficient (Wildman–Crippen LogP) is 2.73. The van der Waals surface area contributed by atoms with Gasteiger partial charge in [-0.1, -0.05) is 26.3 Å². The molecule has 24 heavy (non-hydrogen) atoms. The lowest BCUT2D eigenvalue weighted by atomic mass is 9.81. The lowest BCUT2D eigenvalue weighted by Gasteiger charge is -2.37. The van der Waals surface area contributed by atoms with Gasteiger partial charge in [-0.25, -0.2) is 13.6 Å². The Labute approximate surface area is 143 Å². The number of nitrogens with zero attached hydrogens (tertiary/aromatic N) is 3. The van der Waals surface area contributed by atoms with Gasteiger partial charge in [0.2, 0.25) is 0 Å². The Morgan fingerprint density at radius 1 is 1.54 bits per heavy atom. The van der Waals surface area contributed by atoms with Crippen LogP contribution in [0, 0.1) is 23.1 Å². The highest BCUT2D eigenvalue weighted by Crippen LogP contribution is 2.43. The molecule has 128 valence electrons. The molecule has 1 aromatic carbocycles. The van der Waals surface area contributed by atoms with Crippen molar-refractivity contribution in [2.45, 2.75) is 31.4 Å². The van der Waals surface area contributed by atoms with Crippen molar-refractivity contribution in [2.75, 3.05) is 0 Å². The molecule has 0 spiro atoms. The van der Waals surface area contributed by atoms with E-state index in [1.165, 1.54) is 12.1 Å². The maximum atomic E-state index is 14.3. The number of benzene rings is 1. The number of hydrogen-bond acceptors (Lipinski definition) is 3. The lowest BCUT2D eigenvalue weighted by molar-refractivity contribution is 0.406. The molecule has 3 unspecified atom stereocenters. The van der Waals surface area contributed by atoms with Gasteiger partial charge in [-0.3, -0.25) is 5.14 Å². The quantitative estimate of drug-likeness (QED) is 0.871. The van der Waals surface area contributed by atoms with Crippen molar-refractivity contribution < 1.29 is 8.60 Å². The van der Waals surface area contributed by atoms with Crippen LogP contribution in [0.15, 0.2) is 30.7 Å². The van der Waals surface area contributed by atoms with Crippen molar-refractivity contribution >= 4 is 11.0 Å². The number of halogens is 1. The highest BCUT2D eigenvalue weighted by molar-refractivity contribution is 7.84. The van der Waals surface area contributed by atoms with Crippen molar-refractivity contribution in [3.8, 4) is 6.07 Å². The highest BCUT2D eigenvalue weighted by atomic mass is 32.2. The second kappa shape index (κ2) is 7.24. The van der Waals surface area contributed by atoms with Crippen LogP contribution in [0.4, 0.5) is 4.39 Å². The van der Waals surface area contributed by atoms with Crippen LogP contribution in [0.2, 0.25) is 0 Å². The van der Waals surface area contributed by atoms with Crippen LogP contribution >= 0.6 is 0 Å². The Balaban J connectivity index is 2.80. The Morgan fingerprint density at radius 2 is 2.25 bits per heavy atom. The summed E-state index contributed by atoms with van der Waals surface area (Å²) in [7, 11) is -0.0172. The van der Waals surface area contributed by atoms with Gasteiger partial charge in [0.05, 0.1) is 23.8 Å². The zero-order chi connectivity index (χ0) is 17.9. The first-order valence-corrected chi connectivity index (χ1v) is 8.94. The molecule has 3 atom stereocenters. The van der Waals surface area contributed by atoms with Gasteiger partial charge in [-0.15, -0.1) is 0 Å². The van der Waals surface area contributed by atoms with Gasteiger partial charge < -0.3 is 4.57 Å². The van der Waals surface area contributed by atoms with E-state index in [0.717, 1.165) is 12.8 Å². The SMILES string of the molecule is CCCC(C)C(c1ccc(C#N)c(F)c1)(c1cncn1C)S(N)=O. The summed E-state index contributed by atoms with van der Waals surface area (Å²) in [5.74, 6) is -0.758. The standard InChI is InChI=1S/C17H21FN4OS/c1-4-5-12(2)17(24(20)23,16-10-21-11-22(16)3)14-7-6-13(9-19)15(18)8-14/h6-8,10-12H,4-5,20H2,1-3H3. The van der Waals surface area contributed by atoms with Gasteiger partial charge in [-0.05, 0) is 30.0 Å². The van der Waals surface area contributed by atoms with E-state index in [-0.39, 0.29) is 11.5 Å². The molecule has 0 aliphatic carbocycles. The number of imidazole rings is 1. The molecule has 5 nitrogen and oxygen atoms in total. The normalized spacial score (nSPS) is 16.2. The minimum Gasteiger partial charge on any atom is -0.336 e. The average molecular weight is 348 g/mol. The van der Waals surface area contributed by atoms with Gasteiger partial charge in [-0.2, -0.15) is 5.26 Å². The number of aromatic nitrogens is 2. The maximum absolute atomic E-state index is 14.3. The molecule has 0 amide bonds. The monoisotopic (exact) mass is 348 g/mol. The van der Waals surface area contributed by atoms with E-state index in [1.807, 2.05) is 13.8 Å². The van der Waals surface area contributed by atoms with Crippen molar-refractivity contribution in [1.82, 2.24) is 9.55 Å². The lowest BCUT2D eigenvalue weighted by Crippen LogP contribution is -2.44. The van der Waals surface area contributed by atoms with E-state index in [4.69, 9.17) is 10.4 Å². The molecule has 7 heteroatoms. The molecule has 1 aromatic heterocycles. The average Bonchev–Trinajstić information content (AvgIpc) is 2.95. The van der Waals surface area contributed by atoms with Crippen molar-refractivity contribution in [1.29, 1.82) is 5.26 Å². The van der Waals surface area contributed by atoms with E-state index >= 15 is 0 Å². The molecule has 0 aliphatic heterocycles. The molecule has 1 heterocycles. The van der Waals surface area contributed by atoms with Crippen LogP contribution in [0.5, 0.6) is 0 Å². The van der Waals surface area contributed by atoms with Crippen LogP contribution in [-0.4, -0.2) is 13.8 Å². The molecule has 2 rings (SSSR count). The number of nitriles is 1. The summed E-state index contributed by atoms with van der Waals surface area (Å²) in [6.07, 6.45) is 4.86. The fourth-order valence-corrected chi connectivity index (χ4v) is 4.57. The zero-order valence-electron chi connectivity index (χ0n) is 14.0. The van der Waals surface area contributed by atoms with Gasteiger partial charge in [0, 0.05) is 7.05 Å². The summed E-state index contributed by atoms with van der Waals surface area (Å²) in [6, 6.07) is 6.10. The number of aryl methyl sites for hydroxylation is 1. The van der Waals surface area contributed by atoms with Gasteiger partial charge in [0.25, 0.3) is 0 Å². The smallest absolute Gasteiger partial charge is 0.141 e. The molecular weight excluding hydrogens is 327 g/mol. The van der Waals surface area contributed by atoms with E-state index in [1.54, 1.807) is 36.3 Å². The Hall–Kier alpha value is -2.04. The molecule has 0 bridgehead atoms. The minimum absolute atomic E-state index is 0.0522. The molecule has 0 fully saturated rings. The summed E-state index contributed by atoms with van der Waals surface area (Å²) >= 11 is 0. The highest BCUT2D eigenvalue weighted by Gasteiger charge is 2.46. The third kappa shape index (κ3) is 2.87. The first-order chi connectivity index (χ1) is 11.4. The summed E-state index contributed by atoms with van der Waals surface area (Å²) in [6.45, 7) is 3.99. The third-order valence-corrected chi connectivity index (χ3v) is 5.93. The van der Waals surface area contributed by atoms with Crippen LogP contribution in [-0.2, 0) is 22.8 Å². The molecule has 0 radical (unpaired) electrons. The van der Waals surface area contributed by atoms with Crippen molar-refractivity contribution in [3.05, 3.63) is 53.4 Å². The number of nitrogens with two attached hydrogens (primary N) is 1. The van der Waals surface area contributed by atoms with E-state index in [9.17, 15) is 8.60 Å². The van der Waals surface area contributed by atoms with Crippen LogP contribution < -0.4 is 5.14 Å². The topological polar surface area (TPSA) is 84.7 Å². The van der Waals surface area contributed by atoms with Gasteiger partial charge in [0.15, 0.2) is 0 Å². The molecular formula is C17H21FN4OS. The summed E-state index contributed by atoms with van der Waals surface area (Å²) in [5, 5.41) is 14.9. The second-order valence-electron chi connectivity index (χ2n) is 5.92. The van der Waals surface area contributed by atoms with E-state index in [0.29, 0.717) is 11.3 Å². The van der Waals surface area contributed by atoms with E-state index < -0.39 is 21.5 Å². The Bertz CT molecular complexity index is 798. The third-order valence-electron chi connectivity index (χ3n) is 4.45. The van der Waals surface area contributed by atoms with Crippen LogP contribution in [0.1, 0.15) is 43.5 Å². The van der Waals surface area contributed by atoms with Crippen LogP contribution in [0.3, 0.4) is 0 Å². The first kappa shape index (κ1) is 18.3. The summed E-state index contributed by atoms with van der Waals surface area (Å²) < 4.78 is 27.7. The largest absolute Gasteiger partial charge is 0.336 e. The summed E-state index contributed by atoms with van der Waals surface area (Å²) in [5.41, 5.74) is 1.10. The molecule has 2 N–H and O–H groups in total. The fraction of sp³-hybridized carbons (Fsp3) is 0.412. The molecule has 0 aliphatic rings. The van der Waals surface area contributed by atoms with Gasteiger partial charge in [0.1, 0.15) is 27.6 Å². The maximum Gasteiger partial charge on any atom is 0.141 e. The molecule has 0 saturated heterocycles. The minimum atomic E-state index is -1.81. The van der Waals surface area contributed by atoms with E-state index in [2.05, 4.69) is 4.98 Å². The van der Waals surface area contributed by atoms with Crippen molar-refractivity contribution in [3.63, 3.8) is 0 Å². The number of rotatable bonds is 6. The zero-order valence-corrected chi connectivity index (χ0v) is 14.8. The van der Waals surface area contributed by atoms with Crippen molar-refractivity contribution in [2.24, 2.45) is 18.1 Å². The van der Waals surface area contributed by atoms with Crippen LogP contribution in [0.25, 0.3) is 0 Å². The predicted molar refractivity (Wildman–Crippen MR) is 91.5 cm³/mol.